The fraction of sp³-hybridized carbons (Fsp3) is 0.263. The molecule has 1 aromatic carbocycles. The van der Waals surface area contributed by atoms with Crippen molar-refractivity contribution in [1.82, 2.24) is 14.5 Å². The second kappa shape index (κ2) is 7.79. The Labute approximate surface area is 173 Å². The molecule has 3 aromatic rings. The molecule has 0 radical (unpaired) electrons. The van der Waals surface area contributed by atoms with Gasteiger partial charge in [0.15, 0.2) is 5.82 Å². The Morgan fingerprint density at radius 2 is 1.64 bits per heavy atom. The van der Waals surface area contributed by atoms with E-state index in [1.165, 1.54) is 11.3 Å². The van der Waals surface area contributed by atoms with E-state index in [0.717, 1.165) is 22.0 Å². The number of benzene rings is 1. The van der Waals surface area contributed by atoms with Gasteiger partial charge in [-0.15, -0.1) is 21.5 Å². The fourth-order valence-corrected chi connectivity index (χ4v) is 6.09. The molecule has 4 rings (SSSR count). The standard InChI is InChI=1S/C19H19ClN4O2S2/c1-14-2-9-19(27-14)28(25,26)24-12-10-23(11-13-24)18-8-7-17(21-22-18)15-3-5-16(20)6-4-15/h2-9H,10-13H2,1H3. The van der Waals surface area contributed by atoms with E-state index >= 15 is 0 Å². The lowest BCUT2D eigenvalue weighted by atomic mass is 10.1. The summed E-state index contributed by atoms with van der Waals surface area (Å²) in [7, 11) is -3.41. The van der Waals surface area contributed by atoms with Gasteiger partial charge in [0, 0.05) is 41.6 Å². The van der Waals surface area contributed by atoms with Crippen LogP contribution in [-0.2, 0) is 10.0 Å². The molecule has 0 N–H and O–H groups in total. The third-order valence-electron chi connectivity index (χ3n) is 4.66. The molecule has 6 nitrogen and oxygen atoms in total. The highest BCUT2D eigenvalue weighted by atomic mass is 35.5. The molecule has 3 heterocycles. The minimum atomic E-state index is -3.41. The maximum atomic E-state index is 12.7. The predicted molar refractivity (Wildman–Crippen MR) is 113 cm³/mol. The Hall–Kier alpha value is -2.00. The van der Waals surface area contributed by atoms with Crippen molar-refractivity contribution in [3.63, 3.8) is 0 Å². The smallest absolute Gasteiger partial charge is 0.252 e. The van der Waals surface area contributed by atoms with Crippen molar-refractivity contribution in [3.8, 4) is 11.3 Å². The summed E-state index contributed by atoms with van der Waals surface area (Å²) in [5.74, 6) is 0.752. The number of sulfonamides is 1. The van der Waals surface area contributed by atoms with Crippen LogP contribution >= 0.6 is 22.9 Å². The molecule has 1 aliphatic heterocycles. The van der Waals surface area contributed by atoms with Gasteiger partial charge in [0.25, 0.3) is 10.0 Å². The average Bonchev–Trinajstić information content (AvgIpc) is 3.16. The van der Waals surface area contributed by atoms with Gasteiger partial charge in [0.2, 0.25) is 0 Å². The SMILES string of the molecule is Cc1ccc(S(=O)(=O)N2CCN(c3ccc(-c4ccc(Cl)cc4)nn3)CC2)s1. The molecule has 0 atom stereocenters. The van der Waals surface area contributed by atoms with Gasteiger partial charge in [-0.2, -0.15) is 4.31 Å². The topological polar surface area (TPSA) is 66.4 Å². The van der Waals surface area contributed by atoms with Gasteiger partial charge >= 0.3 is 0 Å². The van der Waals surface area contributed by atoms with Crippen LogP contribution in [0.5, 0.6) is 0 Å². The van der Waals surface area contributed by atoms with Gasteiger partial charge in [-0.1, -0.05) is 23.7 Å². The van der Waals surface area contributed by atoms with Gasteiger partial charge in [-0.05, 0) is 43.3 Å². The van der Waals surface area contributed by atoms with Crippen LogP contribution in [0.4, 0.5) is 5.82 Å². The third-order valence-corrected chi connectivity index (χ3v) is 8.28. The van der Waals surface area contributed by atoms with Crippen molar-refractivity contribution in [3.05, 3.63) is 58.4 Å². The number of aromatic nitrogens is 2. The second-order valence-corrected chi connectivity index (χ2v) is 10.4. The molecule has 1 fully saturated rings. The molecule has 0 unspecified atom stereocenters. The molecular formula is C19H19ClN4O2S2. The number of hydrogen-bond acceptors (Lipinski definition) is 6. The minimum absolute atomic E-state index is 0.408. The van der Waals surface area contributed by atoms with Crippen molar-refractivity contribution >= 4 is 38.8 Å². The zero-order valence-electron chi connectivity index (χ0n) is 15.2. The normalized spacial score (nSPS) is 15.7. The molecule has 28 heavy (non-hydrogen) atoms. The Morgan fingerprint density at radius 3 is 2.21 bits per heavy atom. The summed E-state index contributed by atoms with van der Waals surface area (Å²) in [4.78, 5) is 3.05. The summed E-state index contributed by atoms with van der Waals surface area (Å²) in [6.07, 6.45) is 0. The summed E-state index contributed by atoms with van der Waals surface area (Å²) >= 11 is 7.23. The molecule has 0 spiro atoms. The van der Waals surface area contributed by atoms with Gasteiger partial charge < -0.3 is 4.90 Å². The first-order valence-electron chi connectivity index (χ1n) is 8.85. The molecule has 2 aromatic heterocycles. The van der Waals surface area contributed by atoms with Gasteiger partial charge in [-0.25, -0.2) is 8.42 Å². The molecule has 1 saturated heterocycles. The van der Waals surface area contributed by atoms with E-state index in [1.807, 2.05) is 49.4 Å². The van der Waals surface area contributed by atoms with E-state index in [2.05, 4.69) is 15.1 Å². The summed E-state index contributed by atoms with van der Waals surface area (Å²) in [5, 5.41) is 9.31. The van der Waals surface area contributed by atoms with Crippen molar-refractivity contribution in [2.45, 2.75) is 11.1 Å². The van der Waals surface area contributed by atoms with Crippen LogP contribution in [0.3, 0.4) is 0 Å². The zero-order valence-corrected chi connectivity index (χ0v) is 17.6. The van der Waals surface area contributed by atoms with Crippen LogP contribution in [0.2, 0.25) is 5.02 Å². The van der Waals surface area contributed by atoms with Crippen molar-refractivity contribution in [2.24, 2.45) is 0 Å². The number of halogens is 1. The van der Waals surface area contributed by atoms with E-state index < -0.39 is 10.0 Å². The van der Waals surface area contributed by atoms with Crippen LogP contribution in [0.25, 0.3) is 11.3 Å². The number of hydrogen-bond donors (Lipinski definition) is 0. The third kappa shape index (κ3) is 3.91. The Balaban J connectivity index is 1.43. The first-order chi connectivity index (χ1) is 13.4. The van der Waals surface area contributed by atoms with Crippen LogP contribution < -0.4 is 4.90 Å². The highest BCUT2D eigenvalue weighted by Crippen LogP contribution is 2.26. The molecule has 0 amide bonds. The van der Waals surface area contributed by atoms with Crippen molar-refractivity contribution in [1.29, 1.82) is 0 Å². The van der Waals surface area contributed by atoms with E-state index in [4.69, 9.17) is 11.6 Å². The lowest BCUT2D eigenvalue weighted by Gasteiger charge is -2.34. The Morgan fingerprint density at radius 1 is 0.929 bits per heavy atom. The lowest BCUT2D eigenvalue weighted by molar-refractivity contribution is 0.384. The lowest BCUT2D eigenvalue weighted by Crippen LogP contribution is -2.48. The number of nitrogens with zero attached hydrogens (tertiary/aromatic N) is 4. The maximum absolute atomic E-state index is 12.7. The van der Waals surface area contributed by atoms with Gasteiger partial charge in [-0.3, -0.25) is 0 Å². The number of thiophene rings is 1. The summed E-state index contributed by atoms with van der Waals surface area (Å²) < 4.78 is 27.5. The fourth-order valence-electron chi connectivity index (χ4n) is 3.10. The monoisotopic (exact) mass is 434 g/mol. The van der Waals surface area contributed by atoms with E-state index in [9.17, 15) is 8.42 Å². The number of rotatable bonds is 4. The van der Waals surface area contributed by atoms with E-state index in [-0.39, 0.29) is 0 Å². The molecule has 0 bridgehead atoms. The molecular weight excluding hydrogens is 416 g/mol. The van der Waals surface area contributed by atoms with Crippen LogP contribution in [-0.4, -0.2) is 49.1 Å². The summed E-state index contributed by atoms with van der Waals surface area (Å²) in [5.41, 5.74) is 1.72. The van der Waals surface area contributed by atoms with Gasteiger partial charge in [0.05, 0.1) is 5.69 Å². The molecule has 9 heteroatoms. The van der Waals surface area contributed by atoms with Crippen molar-refractivity contribution in [2.75, 3.05) is 31.1 Å². The number of anilines is 1. The zero-order chi connectivity index (χ0) is 19.7. The highest BCUT2D eigenvalue weighted by molar-refractivity contribution is 7.91. The van der Waals surface area contributed by atoms with Crippen molar-refractivity contribution < 1.29 is 8.42 Å². The quantitative estimate of drug-likeness (QED) is 0.626. The first kappa shape index (κ1) is 19.3. The Kier molecular flexibility index (Phi) is 5.37. The largest absolute Gasteiger partial charge is 0.352 e. The molecule has 0 aliphatic carbocycles. The minimum Gasteiger partial charge on any atom is -0.352 e. The summed E-state index contributed by atoms with van der Waals surface area (Å²) in [6.45, 7) is 3.94. The van der Waals surface area contributed by atoms with Gasteiger partial charge in [0.1, 0.15) is 4.21 Å². The van der Waals surface area contributed by atoms with Crippen LogP contribution in [0, 0.1) is 6.92 Å². The second-order valence-electron chi connectivity index (χ2n) is 6.54. The van der Waals surface area contributed by atoms with E-state index in [1.54, 1.807) is 10.4 Å². The maximum Gasteiger partial charge on any atom is 0.252 e. The Bertz CT molecular complexity index is 1060. The van der Waals surface area contributed by atoms with Crippen LogP contribution in [0.1, 0.15) is 4.88 Å². The number of aryl methyl sites for hydroxylation is 1. The highest BCUT2D eigenvalue weighted by Gasteiger charge is 2.30. The first-order valence-corrected chi connectivity index (χ1v) is 11.5. The predicted octanol–water partition coefficient (Wildman–Crippen LogP) is 3.68. The van der Waals surface area contributed by atoms with E-state index in [0.29, 0.717) is 35.4 Å². The molecule has 146 valence electrons. The molecule has 0 saturated carbocycles. The average molecular weight is 435 g/mol. The molecule has 1 aliphatic rings. The summed E-state index contributed by atoms with van der Waals surface area (Å²) in [6, 6.07) is 14.8. The number of piperazine rings is 1. The van der Waals surface area contributed by atoms with Crippen LogP contribution in [0.15, 0.2) is 52.7 Å².